The molecule has 1 aliphatic carbocycles. The van der Waals surface area contributed by atoms with Crippen LogP contribution in [0.25, 0.3) is 10.2 Å². The Bertz CT molecular complexity index is 1160. The largest absolute Gasteiger partial charge is 0.481 e. The molecule has 1 aliphatic heterocycles. The molecule has 172 valence electrons. The van der Waals surface area contributed by atoms with Crippen LogP contribution in [0.4, 0.5) is 0 Å². The van der Waals surface area contributed by atoms with Crippen molar-refractivity contribution in [3.63, 3.8) is 0 Å². The number of hydrogen-bond acceptors (Lipinski definition) is 7. The third-order valence-corrected chi connectivity index (χ3v) is 8.45. The van der Waals surface area contributed by atoms with Gasteiger partial charge in [-0.05, 0) is 48.0 Å². The Balaban J connectivity index is 1.31. The van der Waals surface area contributed by atoms with Gasteiger partial charge in [0.15, 0.2) is 0 Å². The van der Waals surface area contributed by atoms with E-state index < -0.39 is 11.4 Å². The van der Waals surface area contributed by atoms with E-state index in [1.165, 1.54) is 0 Å². The van der Waals surface area contributed by atoms with Crippen LogP contribution in [0.2, 0.25) is 0 Å². The van der Waals surface area contributed by atoms with Gasteiger partial charge in [-0.1, -0.05) is 30.3 Å². The highest BCUT2D eigenvalue weighted by Gasteiger charge is 2.45. The molecule has 0 unspecified atom stereocenters. The van der Waals surface area contributed by atoms with Crippen molar-refractivity contribution in [1.82, 2.24) is 19.9 Å². The van der Waals surface area contributed by atoms with Gasteiger partial charge in [-0.15, -0.1) is 11.3 Å². The van der Waals surface area contributed by atoms with Crippen molar-refractivity contribution in [2.45, 2.75) is 30.7 Å². The first-order chi connectivity index (χ1) is 16.0. The van der Waals surface area contributed by atoms with Gasteiger partial charge in [0.05, 0.1) is 33.5 Å². The minimum atomic E-state index is -0.951. The van der Waals surface area contributed by atoms with Crippen molar-refractivity contribution >= 4 is 45.4 Å². The van der Waals surface area contributed by atoms with Crippen molar-refractivity contribution in [1.29, 1.82) is 0 Å². The van der Waals surface area contributed by atoms with Crippen molar-refractivity contribution in [3.8, 4) is 0 Å². The standard InChI is InChI=1S/C24H26N4O3S2/c29-21(30)14-24(12-16-4-1-2-5-17(16)13-24)23(31)26-15-20-27-22-18(32-20)6-3-7-19(22)33-28-10-8-25-9-11-28/h1-7,25H,8-15H2,(H,26,31)(H,29,30). The van der Waals surface area contributed by atoms with Crippen LogP contribution in [0.1, 0.15) is 22.6 Å². The lowest BCUT2D eigenvalue weighted by atomic mass is 9.80. The van der Waals surface area contributed by atoms with Crippen LogP contribution in [0.15, 0.2) is 47.4 Å². The van der Waals surface area contributed by atoms with E-state index in [0.29, 0.717) is 19.4 Å². The predicted molar refractivity (Wildman–Crippen MR) is 130 cm³/mol. The summed E-state index contributed by atoms with van der Waals surface area (Å²) in [6, 6.07) is 14.0. The lowest BCUT2D eigenvalue weighted by molar-refractivity contribution is -0.145. The zero-order chi connectivity index (χ0) is 22.8. The second-order valence-electron chi connectivity index (χ2n) is 8.64. The van der Waals surface area contributed by atoms with Gasteiger partial charge in [-0.2, -0.15) is 0 Å². The summed E-state index contributed by atoms with van der Waals surface area (Å²) >= 11 is 3.31. The Labute approximate surface area is 200 Å². The molecule has 0 radical (unpaired) electrons. The third kappa shape index (κ3) is 4.77. The average Bonchev–Trinajstić information content (AvgIpc) is 3.39. The summed E-state index contributed by atoms with van der Waals surface area (Å²) < 4.78 is 3.44. The maximum Gasteiger partial charge on any atom is 0.304 e. The minimum absolute atomic E-state index is 0.182. The molecule has 2 aromatic carbocycles. The normalized spacial score (nSPS) is 17.7. The molecule has 33 heavy (non-hydrogen) atoms. The fourth-order valence-corrected chi connectivity index (χ4v) is 6.71. The summed E-state index contributed by atoms with van der Waals surface area (Å²) in [7, 11) is 0. The first-order valence-electron chi connectivity index (χ1n) is 11.1. The van der Waals surface area contributed by atoms with E-state index in [4.69, 9.17) is 4.98 Å². The summed E-state index contributed by atoms with van der Waals surface area (Å²) in [4.78, 5) is 30.8. The molecular weight excluding hydrogens is 456 g/mol. The molecule has 1 fully saturated rings. The van der Waals surface area contributed by atoms with Gasteiger partial charge < -0.3 is 15.7 Å². The van der Waals surface area contributed by atoms with Crippen molar-refractivity contribution in [2.75, 3.05) is 26.2 Å². The molecule has 2 heterocycles. The van der Waals surface area contributed by atoms with E-state index in [1.54, 1.807) is 23.3 Å². The van der Waals surface area contributed by atoms with E-state index in [1.807, 2.05) is 30.3 Å². The molecule has 0 saturated carbocycles. The summed E-state index contributed by atoms with van der Waals surface area (Å²) in [6.07, 6.45) is 0.720. The summed E-state index contributed by atoms with van der Waals surface area (Å²) in [5.41, 5.74) is 2.13. The Morgan fingerprint density at radius 1 is 1.12 bits per heavy atom. The second-order valence-corrected chi connectivity index (χ2v) is 10.9. The van der Waals surface area contributed by atoms with Crippen LogP contribution >= 0.6 is 23.3 Å². The molecule has 2 aliphatic rings. The Hall–Kier alpha value is -2.46. The number of carbonyl (C=O) groups excluding carboxylic acids is 1. The lowest BCUT2D eigenvalue weighted by Crippen LogP contribution is -2.43. The molecule has 1 saturated heterocycles. The highest BCUT2D eigenvalue weighted by Crippen LogP contribution is 2.40. The van der Waals surface area contributed by atoms with Crippen LogP contribution in [-0.2, 0) is 29.0 Å². The molecule has 1 aromatic heterocycles. The quantitative estimate of drug-likeness (QED) is 0.446. The van der Waals surface area contributed by atoms with E-state index in [2.05, 4.69) is 27.1 Å². The number of aromatic nitrogens is 1. The van der Waals surface area contributed by atoms with E-state index in [9.17, 15) is 14.7 Å². The maximum absolute atomic E-state index is 13.3. The van der Waals surface area contributed by atoms with Crippen LogP contribution in [0.3, 0.4) is 0 Å². The monoisotopic (exact) mass is 482 g/mol. The number of carbonyl (C=O) groups is 2. The van der Waals surface area contributed by atoms with E-state index in [-0.39, 0.29) is 12.3 Å². The molecule has 1 amide bonds. The van der Waals surface area contributed by atoms with Gasteiger partial charge in [0.25, 0.3) is 0 Å². The molecule has 3 aromatic rings. The average molecular weight is 483 g/mol. The molecule has 0 atom stereocenters. The Morgan fingerprint density at radius 3 is 2.55 bits per heavy atom. The van der Waals surface area contributed by atoms with E-state index >= 15 is 0 Å². The SMILES string of the molecule is O=C(O)CC1(C(=O)NCc2nc3c(SN4CCNCC4)cccc3s2)Cc2ccccc2C1. The highest BCUT2D eigenvalue weighted by atomic mass is 32.2. The number of nitrogens with one attached hydrogen (secondary N) is 2. The molecular formula is C24H26N4O3S2. The topological polar surface area (TPSA) is 94.6 Å². The first-order valence-corrected chi connectivity index (χ1v) is 12.7. The molecule has 0 bridgehead atoms. The van der Waals surface area contributed by atoms with Crippen molar-refractivity contribution in [3.05, 3.63) is 58.6 Å². The first kappa shape index (κ1) is 22.3. The van der Waals surface area contributed by atoms with Crippen LogP contribution in [0.5, 0.6) is 0 Å². The number of thiazole rings is 1. The number of para-hydroxylation sites is 1. The number of benzene rings is 2. The number of carboxylic acid groups (broad SMARTS) is 1. The molecule has 9 heteroatoms. The lowest BCUT2D eigenvalue weighted by Gasteiger charge is -2.26. The molecule has 3 N–H and O–H groups in total. The van der Waals surface area contributed by atoms with Gasteiger partial charge in [0, 0.05) is 26.2 Å². The highest BCUT2D eigenvalue weighted by molar-refractivity contribution is 7.97. The Kier molecular flexibility index (Phi) is 6.38. The summed E-state index contributed by atoms with van der Waals surface area (Å²) in [6.45, 7) is 4.25. The fraction of sp³-hybridized carbons (Fsp3) is 0.375. The van der Waals surface area contributed by atoms with Gasteiger partial charge in [-0.25, -0.2) is 9.29 Å². The van der Waals surface area contributed by atoms with Gasteiger partial charge in [0.1, 0.15) is 5.01 Å². The number of nitrogens with zero attached hydrogens (tertiary/aromatic N) is 2. The summed E-state index contributed by atoms with van der Waals surface area (Å²) in [5, 5.41) is 16.7. The smallest absolute Gasteiger partial charge is 0.304 e. The van der Waals surface area contributed by atoms with Crippen LogP contribution in [-0.4, -0.2) is 52.5 Å². The maximum atomic E-state index is 13.3. The zero-order valence-electron chi connectivity index (χ0n) is 18.2. The third-order valence-electron chi connectivity index (χ3n) is 6.28. The summed E-state index contributed by atoms with van der Waals surface area (Å²) in [5.74, 6) is -1.16. The number of piperazine rings is 1. The van der Waals surface area contributed by atoms with Crippen LogP contribution in [0, 0.1) is 5.41 Å². The van der Waals surface area contributed by atoms with Gasteiger partial charge >= 0.3 is 5.97 Å². The number of rotatable bonds is 7. The fourth-order valence-electron chi connectivity index (χ4n) is 4.69. The van der Waals surface area contributed by atoms with E-state index in [0.717, 1.165) is 57.4 Å². The molecule has 0 spiro atoms. The molecule has 5 rings (SSSR count). The zero-order valence-corrected chi connectivity index (χ0v) is 19.8. The second kappa shape index (κ2) is 9.42. The molecule has 7 nitrogen and oxygen atoms in total. The number of hydrogen-bond donors (Lipinski definition) is 3. The minimum Gasteiger partial charge on any atom is -0.481 e. The number of amides is 1. The van der Waals surface area contributed by atoms with Crippen molar-refractivity contribution in [2.24, 2.45) is 5.41 Å². The number of aliphatic carboxylic acids is 1. The predicted octanol–water partition coefficient (Wildman–Crippen LogP) is 3.08. The number of fused-ring (bicyclic) bond motifs is 2. The van der Waals surface area contributed by atoms with Gasteiger partial charge in [0.2, 0.25) is 5.91 Å². The Morgan fingerprint density at radius 2 is 1.85 bits per heavy atom. The van der Waals surface area contributed by atoms with Crippen LogP contribution < -0.4 is 10.6 Å². The van der Waals surface area contributed by atoms with Crippen molar-refractivity contribution < 1.29 is 14.7 Å². The van der Waals surface area contributed by atoms with Gasteiger partial charge in [-0.3, -0.25) is 9.59 Å². The number of carboxylic acids is 1.